The van der Waals surface area contributed by atoms with Gasteiger partial charge in [-0.3, -0.25) is 9.78 Å². The Morgan fingerprint density at radius 3 is 2.95 bits per heavy atom. The first-order valence-electron chi connectivity index (χ1n) is 6.56. The van der Waals surface area contributed by atoms with Crippen LogP contribution in [0.5, 0.6) is 0 Å². The molecule has 0 fully saturated rings. The van der Waals surface area contributed by atoms with Crippen molar-refractivity contribution >= 4 is 22.5 Å². The summed E-state index contributed by atoms with van der Waals surface area (Å²) in [6.45, 7) is 3.21. The highest BCUT2D eigenvalue weighted by molar-refractivity contribution is 5.93. The number of aryl methyl sites for hydroxylation is 1. The molecular formula is C15H19N3O2. The number of nitrogens with zero attached hydrogens (tertiary/aromatic N) is 1. The molecule has 106 valence electrons. The van der Waals surface area contributed by atoms with Gasteiger partial charge in [-0.05, 0) is 19.1 Å². The molecular weight excluding hydrogens is 254 g/mol. The molecule has 1 aromatic carbocycles. The molecule has 1 heterocycles. The maximum atomic E-state index is 11.7. The standard InChI is InChI=1S/C15H19N3O2/c1-11-9-14(12-5-3-4-6-13(12)18-11)17-10-15(19)16-7-8-20-2/h3-6,9H,7-8,10H2,1-2H3,(H,16,19)(H,17,18). The van der Waals surface area contributed by atoms with E-state index in [1.165, 1.54) is 0 Å². The Hall–Kier alpha value is -2.14. The van der Waals surface area contributed by atoms with Crippen molar-refractivity contribution in [3.05, 3.63) is 36.0 Å². The molecule has 5 nitrogen and oxygen atoms in total. The van der Waals surface area contributed by atoms with Crippen LogP contribution in [0.1, 0.15) is 5.69 Å². The van der Waals surface area contributed by atoms with Gasteiger partial charge in [-0.25, -0.2) is 0 Å². The third-order valence-corrected chi connectivity index (χ3v) is 2.91. The number of benzene rings is 1. The molecule has 0 saturated carbocycles. The van der Waals surface area contributed by atoms with Crippen LogP contribution in [0.3, 0.4) is 0 Å². The fourth-order valence-electron chi connectivity index (χ4n) is 1.98. The number of hydrogen-bond acceptors (Lipinski definition) is 4. The first-order chi connectivity index (χ1) is 9.70. The number of pyridine rings is 1. The second kappa shape index (κ2) is 6.86. The van der Waals surface area contributed by atoms with E-state index in [1.807, 2.05) is 37.3 Å². The molecule has 0 aliphatic heterocycles. The van der Waals surface area contributed by atoms with E-state index in [0.717, 1.165) is 22.3 Å². The summed E-state index contributed by atoms with van der Waals surface area (Å²) in [5, 5.41) is 6.95. The molecule has 0 radical (unpaired) electrons. The Balaban J connectivity index is 2.04. The molecule has 0 unspecified atom stereocenters. The summed E-state index contributed by atoms with van der Waals surface area (Å²) < 4.78 is 4.89. The molecule has 2 N–H and O–H groups in total. The van der Waals surface area contributed by atoms with Gasteiger partial charge in [-0.2, -0.15) is 0 Å². The van der Waals surface area contributed by atoms with E-state index in [1.54, 1.807) is 7.11 Å². The zero-order chi connectivity index (χ0) is 14.4. The molecule has 0 atom stereocenters. The Morgan fingerprint density at radius 2 is 2.15 bits per heavy atom. The molecule has 5 heteroatoms. The number of rotatable bonds is 6. The fourth-order valence-corrected chi connectivity index (χ4v) is 1.98. The summed E-state index contributed by atoms with van der Waals surface area (Å²) in [6, 6.07) is 9.82. The first kappa shape index (κ1) is 14.3. The van der Waals surface area contributed by atoms with Crippen LogP contribution in [0.4, 0.5) is 5.69 Å². The highest BCUT2D eigenvalue weighted by atomic mass is 16.5. The Bertz CT molecular complexity index is 599. The zero-order valence-electron chi connectivity index (χ0n) is 11.8. The van der Waals surface area contributed by atoms with Crippen LogP contribution in [0.2, 0.25) is 0 Å². The maximum Gasteiger partial charge on any atom is 0.239 e. The number of nitrogens with one attached hydrogen (secondary N) is 2. The first-order valence-corrected chi connectivity index (χ1v) is 6.56. The number of fused-ring (bicyclic) bond motifs is 1. The molecule has 0 spiro atoms. The summed E-state index contributed by atoms with van der Waals surface area (Å²) in [5.74, 6) is -0.0550. The molecule has 1 aromatic heterocycles. The zero-order valence-corrected chi connectivity index (χ0v) is 11.8. The lowest BCUT2D eigenvalue weighted by Gasteiger charge is -2.11. The van der Waals surface area contributed by atoms with E-state index in [4.69, 9.17) is 4.74 Å². The van der Waals surface area contributed by atoms with Crippen LogP contribution in [-0.2, 0) is 9.53 Å². The smallest absolute Gasteiger partial charge is 0.239 e. The van der Waals surface area contributed by atoms with Crippen molar-refractivity contribution in [3.8, 4) is 0 Å². The Labute approximate surface area is 118 Å². The minimum atomic E-state index is -0.0550. The molecule has 1 amide bonds. The average Bonchev–Trinajstić information content (AvgIpc) is 2.45. The van der Waals surface area contributed by atoms with Gasteiger partial charge in [0.05, 0.1) is 18.7 Å². The molecule has 0 bridgehead atoms. The summed E-state index contributed by atoms with van der Waals surface area (Å²) in [4.78, 5) is 16.1. The van der Waals surface area contributed by atoms with Crippen LogP contribution in [0.15, 0.2) is 30.3 Å². The van der Waals surface area contributed by atoms with Gasteiger partial charge in [-0.15, -0.1) is 0 Å². The lowest BCUT2D eigenvalue weighted by molar-refractivity contribution is -0.119. The van der Waals surface area contributed by atoms with E-state index in [-0.39, 0.29) is 12.5 Å². The van der Waals surface area contributed by atoms with Gasteiger partial charge >= 0.3 is 0 Å². The number of anilines is 1. The van der Waals surface area contributed by atoms with Crippen molar-refractivity contribution in [2.24, 2.45) is 0 Å². The van der Waals surface area contributed by atoms with Gasteiger partial charge in [-0.1, -0.05) is 18.2 Å². The quantitative estimate of drug-likeness (QED) is 0.787. The highest BCUT2D eigenvalue weighted by Crippen LogP contribution is 2.22. The number of para-hydroxylation sites is 1. The summed E-state index contributed by atoms with van der Waals surface area (Å²) in [7, 11) is 1.61. The lowest BCUT2D eigenvalue weighted by atomic mass is 10.1. The SMILES string of the molecule is COCCNC(=O)CNc1cc(C)nc2ccccc12. The molecule has 0 aliphatic rings. The second-order valence-electron chi connectivity index (χ2n) is 4.52. The molecule has 0 saturated heterocycles. The largest absolute Gasteiger partial charge is 0.383 e. The number of aromatic nitrogens is 1. The summed E-state index contributed by atoms with van der Waals surface area (Å²) in [6.07, 6.45) is 0. The van der Waals surface area contributed by atoms with Gasteiger partial charge in [0, 0.05) is 30.4 Å². The molecule has 2 rings (SSSR count). The predicted molar refractivity (Wildman–Crippen MR) is 79.9 cm³/mol. The third kappa shape index (κ3) is 3.68. The van der Waals surface area contributed by atoms with Crippen LogP contribution in [-0.4, -0.2) is 37.7 Å². The van der Waals surface area contributed by atoms with E-state index < -0.39 is 0 Å². The van der Waals surface area contributed by atoms with Crippen molar-refractivity contribution in [2.75, 3.05) is 32.1 Å². The van der Waals surface area contributed by atoms with Crippen molar-refractivity contribution < 1.29 is 9.53 Å². The topological polar surface area (TPSA) is 63.2 Å². The fraction of sp³-hybridized carbons (Fsp3) is 0.333. The van der Waals surface area contributed by atoms with E-state index in [9.17, 15) is 4.79 Å². The average molecular weight is 273 g/mol. The lowest BCUT2D eigenvalue weighted by Crippen LogP contribution is -2.32. The van der Waals surface area contributed by atoms with Crippen molar-refractivity contribution in [1.82, 2.24) is 10.3 Å². The van der Waals surface area contributed by atoms with Gasteiger partial charge < -0.3 is 15.4 Å². The van der Waals surface area contributed by atoms with Gasteiger partial charge in [0.1, 0.15) is 0 Å². The number of carbonyl (C=O) groups is 1. The number of carbonyl (C=O) groups excluding carboxylic acids is 1. The summed E-state index contributed by atoms with van der Waals surface area (Å²) >= 11 is 0. The minimum Gasteiger partial charge on any atom is -0.383 e. The van der Waals surface area contributed by atoms with E-state index >= 15 is 0 Å². The van der Waals surface area contributed by atoms with Crippen LogP contribution in [0, 0.1) is 6.92 Å². The van der Waals surface area contributed by atoms with Crippen LogP contribution < -0.4 is 10.6 Å². The second-order valence-corrected chi connectivity index (χ2v) is 4.52. The number of hydrogen-bond donors (Lipinski definition) is 2. The Kier molecular flexibility index (Phi) is 4.90. The predicted octanol–water partition coefficient (Wildman–Crippen LogP) is 1.72. The maximum absolute atomic E-state index is 11.7. The van der Waals surface area contributed by atoms with Gasteiger partial charge in [0.25, 0.3) is 0 Å². The normalized spacial score (nSPS) is 10.5. The Morgan fingerprint density at radius 1 is 1.35 bits per heavy atom. The van der Waals surface area contributed by atoms with Crippen LogP contribution >= 0.6 is 0 Å². The number of ether oxygens (including phenoxy) is 1. The summed E-state index contributed by atoms with van der Waals surface area (Å²) in [5.41, 5.74) is 2.77. The minimum absolute atomic E-state index is 0.0550. The van der Waals surface area contributed by atoms with Crippen LogP contribution in [0.25, 0.3) is 10.9 Å². The van der Waals surface area contributed by atoms with Crippen molar-refractivity contribution in [1.29, 1.82) is 0 Å². The number of methoxy groups -OCH3 is 1. The third-order valence-electron chi connectivity index (χ3n) is 2.91. The van der Waals surface area contributed by atoms with Crippen molar-refractivity contribution in [2.45, 2.75) is 6.92 Å². The van der Waals surface area contributed by atoms with Gasteiger partial charge in [0.15, 0.2) is 0 Å². The highest BCUT2D eigenvalue weighted by Gasteiger charge is 2.05. The van der Waals surface area contributed by atoms with Crippen molar-refractivity contribution in [3.63, 3.8) is 0 Å². The van der Waals surface area contributed by atoms with E-state index in [0.29, 0.717) is 13.2 Å². The monoisotopic (exact) mass is 273 g/mol. The molecule has 2 aromatic rings. The number of amides is 1. The molecule has 0 aliphatic carbocycles. The van der Waals surface area contributed by atoms with E-state index in [2.05, 4.69) is 15.6 Å². The molecule has 20 heavy (non-hydrogen) atoms. The van der Waals surface area contributed by atoms with Gasteiger partial charge in [0.2, 0.25) is 5.91 Å².